The lowest BCUT2D eigenvalue weighted by Crippen LogP contribution is -2.46. The summed E-state index contributed by atoms with van der Waals surface area (Å²) in [5.74, 6) is -0.416. The second-order valence-corrected chi connectivity index (χ2v) is 6.66. The Morgan fingerprint density at radius 3 is 2.57 bits per heavy atom. The van der Waals surface area contributed by atoms with E-state index in [1.807, 2.05) is 6.92 Å². The van der Waals surface area contributed by atoms with Crippen LogP contribution in [-0.4, -0.2) is 64.8 Å². The predicted molar refractivity (Wildman–Crippen MR) is 77.9 cm³/mol. The molecule has 1 saturated carbocycles. The molecule has 1 heterocycles. The summed E-state index contributed by atoms with van der Waals surface area (Å²) in [5.41, 5.74) is -0.766. The molecule has 2 fully saturated rings. The molecule has 0 radical (unpaired) electrons. The summed E-state index contributed by atoms with van der Waals surface area (Å²) < 4.78 is 0. The van der Waals surface area contributed by atoms with Crippen molar-refractivity contribution in [1.29, 1.82) is 0 Å². The van der Waals surface area contributed by atoms with Gasteiger partial charge in [-0.3, -0.25) is 4.79 Å². The van der Waals surface area contributed by atoms with E-state index in [9.17, 15) is 19.8 Å². The minimum atomic E-state index is -0.788. The average Bonchev–Trinajstić information content (AvgIpc) is 2.82. The molecule has 120 valence electrons. The highest BCUT2D eigenvalue weighted by Gasteiger charge is 2.46. The Morgan fingerprint density at radius 1 is 1.38 bits per heavy atom. The van der Waals surface area contributed by atoms with Gasteiger partial charge in [-0.2, -0.15) is 0 Å². The third-order valence-corrected chi connectivity index (χ3v) is 4.88. The number of amides is 2. The lowest BCUT2D eigenvalue weighted by atomic mass is 9.82. The third kappa shape index (κ3) is 3.31. The van der Waals surface area contributed by atoms with Crippen molar-refractivity contribution >= 4 is 12.0 Å². The topological polar surface area (TPSA) is 81.1 Å². The number of carbonyl (C=O) groups excluding carboxylic acids is 1. The zero-order valence-electron chi connectivity index (χ0n) is 12.9. The predicted octanol–water partition coefficient (Wildman–Crippen LogP) is 1.39. The molecule has 6 heteroatoms. The normalized spacial score (nSPS) is 31.9. The molecule has 2 rings (SSSR count). The maximum Gasteiger partial charge on any atom is 0.319 e. The fraction of sp³-hybridized carbons (Fsp3) is 0.867. The van der Waals surface area contributed by atoms with E-state index < -0.39 is 11.4 Å². The number of likely N-dealkylation sites (tertiary alicyclic amines) is 1. The molecule has 1 aliphatic heterocycles. The second-order valence-electron chi connectivity index (χ2n) is 6.66. The molecule has 2 N–H and O–H groups in total. The standard InChI is InChI=1S/C15H26N2O4/c1-3-4-15(13(19)20)5-6-17(10-15)14(21)16(2)9-11-7-12(18)8-11/h11-12,18H,3-10H2,1-2H3,(H,19,20). The van der Waals surface area contributed by atoms with Crippen molar-refractivity contribution in [3.8, 4) is 0 Å². The molecule has 0 aromatic heterocycles. The molecular weight excluding hydrogens is 272 g/mol. The van der Waals surface area contributed by atoms with Gasteiger partial charge in [-0.05, 0) is 31.6 Å². The minimum Gasteiger partial charge on any atom is -0.481 e. The fourth-order valence-corrected chi connectivity index (χ4v) is 3.56. The van der Waals surface area contributed by atoms with Gasteiger partial charge in [-0.25, -0.2) is 4.79 Å². The Kier molecular flexibility index (Phi) is 4.76. The molecule has 0 bridgehead atoms. The largest absolute Gasteiger partial charge is 0.481 e. The number of aliphatic hydroxyl groups is 1. The average molecular weight is 298 g/mol. The van der Waals surface area contributed by atoms with Gasteiger partial charge < -0.3 is 20.0 Å². The minimum absolute atomic E-state index is 0.0874. The van der Waals surface area contributed by atoms with Gasteiger partial charge in [0.2, 0.25) is 0 Å². The number of carbonyl (C=O) groups is 2. The van der Waals surface area contributed by atoms with Gasteiger partial charge >= 0.3 is 12.0 Å². The molecule has 6 nitrogen and oxygen atoms in total. The molecule has 0 spiro atoms. The van der Waals surface area contributed by atoms with Crippen molar-refractivity contribution in [1.82, 2.24) is 9.80 Å². The van der Waals surface area contributed by atoms with Crippen molar-refractivity contribution in [2.75, 3.05) is 26.7 Å². The number of hydrogen-bond acceptors (Lipinski definition) is 3. The highest BCUT2D eigenvalue weighted by Crippen LogP contribution is 2.36. The first-order valence-electron chi connectivity index (χ1n) is 7.79. The van der Waals surface area contributed by atoms with Crippen molar-refractivity contribution in [2.24, 2.45) is 11.3 Å². The van der Waals surface area contributed by atoms with Crippen molar-refractivity contribution < 1.29 is 19.8 Å². The third-order valence-electron chi connectivity index (χ3n) is 4.88. The van der Waals surface area contributed by atoms with Crippen LogP contribution in [0.2, 0.25) is 0 Å². The Bertz CT molecular complexity index is 408. The van der Waals surface area contributed by atoms with Crippen LogP contribution < -0.4 is 0 Å². The van der Waals surface area contributed by atoms with Crippen LogP contribution >= 0.6 is 0 Å². The lowest BCUT2D eigenvalue weighted by molar-refractivity contribution is -0.148. The molecule has 21 heavy (non-hydrogen) atoms. The first kappa shape index (κ1) is 16.1. The zero-order valence-corrected chi connectivity index (χ0v) is 12.9. The van der Waals surface area contributed by atoms with Gasteiger partial charge in [0.15, 0.2) is 0 Å². The van der Waals surface area contributed by atoms with Gasteiger partial charge in [0.05, 0.1) is 11.5 Å². The summed E-state index contributed by atoms with van der Waals surface area (Å²) in [5, 5.41) is 18.8. The molecule has 1 unspecified atom stereocenters. The molecule has 1 saturated heterocycles. The van der Waals surface area contributed by atoms with E-state index in [0.717, 1.165) is 19.3 Å². The molecule has 1 aliphatic carbocycles. The van der Waals surface area contributed by atoms with Crippen LogP contribution in [0.15, 0.2) is 0 Å². The second kappa shape index (κ2) is 6.22. The summed E-state index contributed by atoms with van der Waals surface area (Å²) in [6.07, 6.45) is 3.26. The molecule has 2 amide bonds. The lowest BCUT2D eigenvalue weighted by Gasteiger charge is -2.35. The van der Waals surface area contributed by atoms with E-state index >= 15 is 0 Å². The van der Waals surface area contributed by atoms with E-state index in [1.165, 1.54) is 0 Å². The Hall–Kier alpha value is -1.30. The van der Waals surface area contributed by atoms with Crippen molar-refractivity contribution in [2.45, 2.75) is 45.1 Å². The number of rotatable bonds is 5. The van der Waals surface area contributed by atoms with Crippen LogP contribution in [0.3, 0.4) is 0 Å². The van der Waals surface area contributed by atoms with E-state index in [4.69, 9.17) is 0 Å². The Balaban J connectivity index is 1.90. The zero-order chi connectivity index (χ0) is 15.6. The van der Waals surface area contributed by atoms with Crippen molar-refractivity contribution in [3.05, 3.63) is 0 Å². The molecule has 0 aromatic rings. The van der Waals surface area contributed by atoms with Crippen LogP contribution in [0.4, 0.5) is 4.79 Å². The van der Waals surface area contributed by atoms with Gasteiger partial charge in [0.25, 0.3) is 0 Å². The van der Waals surface area contributed by atoms with Gasteiger partial charge in [-0.15, -0.1) is 0 Å². The molecular formula is C15H26N2O4. The fourth-order valence-electron chi connectivity index (χ4n) is 3.56. The maximum absolute atomic E-state index is 12.4. The van der Waals surface area contributed by atoms with Gasteiger partial charge in [0.1, 0.15) is 0 Å². The SMILES string of the molecule is CCCC1(C(=O)O)CCN(C(=O)N(C)CC2CC(O)C2)C1. The highest BCUT2D eigenvalue weighted by atomic mass is 16.4. The van der Waals surface area contributed by atoms with Crippen molar-refractivity contribution in [3.63, 3.8) is 0 Å². The number of urea groups is 1. The number of nitrogens with zero attached hydrogens (tertiary/aromatic N) is 2. The number of aliphatic carboxylic acids is 1. The Labute approximate surface area is 125 Å². The monoisotopic (exact) mass is 298 g/mol. The van der Waals surface area contributed by atoms with Crippen LogP contribution in [-0.2, 0) is 4.79 Å². The summed E-state index contributed by atoms with van der Waals surface area (Å²) in [6, 6.07) is -0.0874. The van der Waals surface area contributed by atoms with E-state index in [1.54, 1.807) is 16.8 Å². The molecule has 0 aromatic carbocycles. The quantitative estimate of drug-likeness (QED) is 0.803. The first-order valence-corrected chi connectivity index (χ1v) is 7.79. The van der Waals surface area contributed by atoms with Crippen LogP contribution in [0, 0.1) is 11.3 Å². The maximum atomic E-state index is 12.4. The van der Waals surface area contributed by atoms with Crippen LogP contribution in [0.5, 0.6) is 0 Å². The smallest absolute Gasteiger partial charge is 0.319 e. The number of hydrogen-bond donors (Lipinski definition) is 2. The van der Waals surface area contributed by atoms with Gasteiger partial charge in [0, 0.05) is 26.7 Å². The van der Waals surface area contributed by atoms with Crippen LogP contribution in [0.1, 0.15) is 39.0 Å². The highest BCUT2D eigenvalue weighted by molar-refractivity contribution is 5.79. The first-order chi connectivity index (χ1) is 9.88. The number of aliphatic hydroxyl groups excluding tert-OH is 1. The van der Waals surface area contributed by atoms with Gasteiger partial charge in [-0.1, -0.05) is 13.3 Å². The van der Waals surface area contributed by atoms with E-state index in [0.29, 0.717) is 38.4 Å². The van der Waals surface area contributed by atoms with E-state index in [-0.39, 0.29) is 12.1 Å². The number of carboxylic acids is 1. The Morgan fingerprint density at radius 2 is 2.05 bits per heavy atom. The molecule has 2 aliphatic rings. The summed E-state index contributed by atoms with van der Waals surface area (Å²) in [6.45, 7) is 3.44. The van der Waals surface area contributed by atoms with E-state index in [2.05, 4.69) is 0 Å². The summed E-state index contributed by atoms with van der Waals surface area (Å²) in [4.78, 5) is 27.3. The molecule has 1 atom stereocenters. The number of carboxylic acid groups (broad SMARTS) is 1. The summed E-state index contributed by atoms with van der Waals surface area (Å²) in [7, 11) is 1.76. The summed E-state index contributed by atoms with van der Waals surface area (Å²) >= 11 is 0. The van der Waals surface area contributed by atoms with Crippen LogP contribution in [0.25, 0.3) is 0 Å².